The molecule has 0 atom stereocenters. The van der Waals surface area contributed by atoms with E-state index in [9.17, 15) is 0 Å². The molecule has 0 aliphatic heterocycles. The van der Waals surface area contributed by atoms with Gasteiger partial charge < -0.3 is 14.9 Å². The number of aryl methyl sites for hydroxylation is 2. The van der Waals surface area contributed by atoms with E-state index in [2.05, 4.69) is 32.3 Å². The molecule has 2 N–H and O–H groups in total. The lowest BCUT2D eigenvalue weighted by Gasteiger charge is -2.10. The second-order valence-corrected chi connectivity index (χ2v) is 7.64. The first-order valence-corrected chi connectivity index (χ1v) is 10.3. The van der Waals surface area contributed by atoms with Gasteiger partial charge in [0.15, 0.2) is 17.1 Å². The van der Waals surface area contributed by atoms with Crippen LogP contribution in [-0.4, -0.2) is 35.5 Å². The van der Waals surface area contributed by atoms with Crippen molar-refractivity contribution in [3.05, 3.63) is 54.4 Å². The van der Waals surface area contributed by atoms with Crippen LogP contribution in [0.3, 0.4) is 0 Å². The number of rotatable bonds is 7. The molecule has 0 bridgehead atoms. The Labute approximate surface area is 178 Å². The molecule has 0 aliphatic rings. The Morgan fingerprint density at radius 3 is 2.68 bits per heavy atom. The van der Waals surface area contributed by atoms with Crippen molar-refractivity contribution in [3.8, 4) is 17.3 Å². The molecule has 9 nitrogen and oxygen atoms in total. The van der Waals surface area contributed by atoms with Crippen molar-refractivity contribution in [2.24, 2.45) is 0 Å². The third kappa shape index (κ3) is 3.70. The van der Waals surface area contributed by atoms with E-state index in [1.54, 1.807) is 24.6 Å². The topological polar surface area (TPSA) is 109 Å². The molecule has 4 aromatic heterocycles. The molecule has 0 amide bonds. The number of nitrogens with two attached hydrogens (primary N) is 1. The highest BCUT2D eigenvalue weighted by molar-refractivity contribution is 5.90. The van der Waals surface area contributed by atoms with E-state index in [0.717, 1.165) is 30.5 Å². The van der Waals surface area contributed by atoms with Crippen LogP contribution in [-0.2, 0) is 13.0 Å². The predicted octanol–water partition coefficient (Wildman–Crippen LogP) is 3.74. The van der Waals surface area contributed by atoms with Gasteiger partial charge in [0.25, 0.3) is 0 Å². The van der Waals surface area contributed by atoms with Crippen molar-refractivity contribution < 1.29 is 9.15 Å². The van der Waals surface area contributed by atoms with E-state index in [1.807, 2.05) is 30.7 Å². The minimum atomic E-state index is 0.172. The van der Waals surface area contributed by atoms with E-state index in [1.165, 1.54) is 10.1 Å². The number of fused-ring (bicyclic) bond motifs is 3. The van der Waals surface area contributed by atoms with Crippen LogP contribution < -0.4 is 10.5 Å². The second kappa shape index (κ2) is 7.75. The molecule has 0 spiro atoms. The second-order valence-electron chi connectivity index (χ2n) is 7.64. The maximum atomic E-state index is 6.15. The molecule has 4 heterocycles. The summed E-state index contributed by atoms with van der Waals surface area (Å²) in [5.74, 6) is 2.19. The number of hydrogen-bond donors (Lipinski definition) is 1. The summed E-state index contributed by atoms with van der Waals surface area (Å²) in [6.07, 6.45) is 5.36. The molecular formula is C22H23N7O2. The number of nitrogens with zero attached hydrogens (tertiary/aromatic N) is 6. The lowest BCUT2D eigenvalue weighted by atomic mass is 10.1. The number of benzene rings is 1. The fourth-order valence-electron chi connectivity index (χ4n) is 3.57. The highest BCUT2D eigenvalue weighted by Crippen LogP contribution is 2.24. The molecule has 0 saturated carbocycles. The summed E-state index contributed by atoms with van der Waals surface area (Å²) in [5, 5.41) is 9.73. The Morgan fingerprint density at radius 1 is 1.10 bits per heavy atom. The average molecular weight is 417 g/mol. The quantitative estimate of drug-likeness (QED) is 0.430. The van der Waals surface area contributed by atoms with E-state index < -0.39 is 0 Å². The summed E-state index contributed by atoms with van der Waals surface area (Å²) in [7, 11) is 0. The van der Waals surface area contributed by atoms with Gasteiger partial charge in [0, 0.05) is 6.54 Å². The SMILES string of the molecule is CC(C)Oc1ccc(CCCn2ncc3c2nc(N)n2nc(-c4ccco4)nc32)cc1. The highest BCUT2D eigenvalue weighted by atomic mass is 16.5. The van der Waals surface area contributed by atoms with Gasteiger partial charge in [-0.1, -0.05) is 12.1 Å². The fourth-order valence-corrected chi connectivity index (χ4v) is 3.57. The largest absolute Gasteiger partial charge is 0.491 e. The number of aromatic nitrogens is 6. The van der Waals surface area contributed by atoms with E-state index >= 15 is 0 Å². The predicted molar refractivity (Wildman–Crippen MR) is 117 cm³/mol. The molecule has 0 radical (unpaired) electrons. The van der Waals surface area contributed by atoms with Gasteiger partial charge in [0.05, 0.1) is 24.0 Å². The Bertz CT molecular complexity index is 1320. The zero-order valence-corrected chi connectivity index (χ0v) is 17.4. The van der Waals surface area contributed by atoms with Gasteiger partial charge in [-0.15, -0.1) is 5.10 Å². The van der Waals surface area contributed by atoms with Crippen LogP contribution in [0.2, 0.25) is 0 Å². The first-order chi connectivity index (χ1) is 15.1. The number of hydrogen-bond acceptors (Lipinski definition) is 7. The lowest BCUT2D eigenvalue weighted by molar-refractivity contribution is 0.242. The summed E-state index contributed by atoms with van der Waals surface area (Å²) in [5.41, 5.74) is 8.71. The Morgan fingerprint density at radius 2 is 1.94 bits per heavy atom. The summed E-state index contributed by atoms with van der Waals surface area (Å²) in [6.45, 7) is 4.76. The molecule has 31 heavy (non-hydrogen) atoms. The van der Waals surface area contributed by atoms with Crippen molar-refractivity contribution >= 4 is 22.6 Å². The summed E-state index contributed by atoms with van der Waals surface area (Å²) in [4.78, 5) is 9.10. The minimum absolute atomic E-state index is 0.172. The number of furan rings is 1. The van der Waals surface area contributed by atoms with Gasteiger partial charge in [0.2, 0.25) is 11.8 Å². The maximum absolute atomic E-state index is 6.15. The van der Waals surface area contributed by atoms with Crippen molar-refractivity contribution in [2.45, 2.75) is 39.3 Å². The zero-order valence-electron chi connectivity index (χ0n) is 17.4. The molecule has 158 valence electrons. The average Bonchev–Trinajstić information content (AvgIpc) is 3.48. The first-order valence-electron chi connectivity index (χ1n) is 10.3. The van der Waals surface area contributed by atoms with Gasteiger partial charge in [-0.2, -0.15) is 14.6 Å². The summed E-state index contributed by atoms with van der Waals surface area (Å²) in [6, 6.07) is 11.8. The molecular weight excluding hydrogens is 394 g/mol. The number of ether oxygens (including phenoxy) is 1. The van der Waals surface area contributed by atoms with E-state index in [-0.39, 0.29) is 12.1 Å². The Kier molecular flexibility index (Phi) is 4.78. The smallest absolute Gasteiger partial charge is 0.225 e. The van der Waals surface area contributed by atoms with Crippen LogP contribution in [0.15, 0.2) is 53.3 Å². The zero-order chi connectivity index (χ0) is 21.4. The third-order valence-electron chi connectivity index (χ3n) is 4.97. The van der Waals surface area contributed by atoms with Gasteiger partial charge in [0.1, 0.15) is 5.75 Å². The van der Waals surface area contributed by atoms with Gasteiger partial charge >= 0.3 is 0 Å². The number of anilines is 1. The molecule has 1 aromatic carbocycles. The van der Waals surface area contributed by atoms with Crippen LogP contribution in [0.25, 0.3) is 28.3 Å². The van der Waals surface area contributed by atoms with Crippen LogP contribution in [0.5, 0.6) is 5.75 Å². The fraction of sp³-hybridized carbons (Fsp3) is 0.273. The third-order valence-corrected chi connectivity index (χ3v) is 4.97. The summed E-state index contributed by atoms with van der Waals surface area (Å²) >= 11 is 0. The molecule has 9 heteroatoms. The first kappa shape index (κ1) is 19.1. The lowest BCUT2D eigenvalue weighted by Crippen LogP contribution is -2.07. The molecule has 5 aromatic rings. The maximum Gasteiger partial charge on any atom is 0.225 e. The van der Waals surface area contributed by atoms with E-state index in [4.69, 9.17) is 14.9 Å². The van der Waals surface area contributed by atoms with Gasteiger partial charge in [-0.05, 0) is 56.5 Å². The molecule has 0 fully saturated rings. The van der Waals surface area contributed by atoms with Crippen molar-refractivity contribution in [1.29, 1.82) is 0 Å². The van der Waals surface area contributed by atoms with E-state index in [0.29, 0.717) is 22.9 Å². The van der Waals surface area contributed by atoms with Crippen molar-refractivity contribution in [2.75, 3.05) is 5.73 Å². The molecule has 5 rings (SSSR count). The van der Waals surface area contributed by atoms with Crippen molar-refractivity contribution in [1.82, 2.24) is 29.4 Å². The Hall–Kier alpha value is -3.88. The number of nitrogen functional groups attached to an aromatic ring is 1. The van der Waals surface area contributed by atoms with Gasteiger partial charge in [-0.25, -0.2) is 9.67 Å². The van der Waals surface area contributed by atoms with Crippen molar-refractivity contribution in [3.63, 3.8) is 0 Å². The van der Waals surface area contributed by atoms with Crippen LogP contribution in [0.1, 0.15) is 25.8 Å². The minimum Gasteiger partial charge on any atom is -0.491 e. The molecule has 0 aliphatic carbocycles. The van der Waals surface area contributed by atoms with Gasteiger partial charge in [-0.3, -0.25) is 0 Å². The molecule has 0 unspecified atom stereocenters. The highest BCUT2D eigenvalue weighted by Gasteiger charge is 2.17. The van der Waals surface area contributed by atoms with Crippen LogP contribution >= 0.6 is 0 Å². The normalized spacial score (nSPS) is 11.7. The monoisotopic (exact) mass is 417 g/mol. The summed E-state index contributed by atoms with van der Waals surface area (Å²) < 4.78 is 14.5. The van der Waals surface area contributed by atoms with Crippen LogP contribution in [0, 0.1) is 0 Å². The molecule has 0 saturated heterocycles. The standard InChI is InChI=1S/C22H23N7O2/c1-14(2)31-16-9-7-15(8-10-16)5-3-11-28-20-17(13-24-28)21-25-19(18-6-4-12-30-18)27-29(21)22(23)26-20/h4,6-10,12-14H,3,5,11H2,1-2H3,(H2,23,26). The van der Waals surface area contributed by atoms with Crippen LogP contribution in [0.4, 0.5) is 5.95 Å². The Balaban J connectivity index is 1.35.